The van der Waals surface area contributed by atoms with Gasteiger partial charge in [-0.25, -0.2) is 0 Å². The molecule has 0 spiro atoms. The molecule has 3 aromatic rings. The van der Waals surface area contributed by atoms with Gasteiger partial charge in [-0.15, -0.1) is 0 Å². The van der Waals surface area contributed by atoms with Gasteiger partial charge in [-0.2, -0.15) is 0 Å². The second kappa shape index (κ2) is 8.81. The molecule has 0 aliphatic carbocycles. The molecule has 1 aromatic heterocycles. The molecular formula is C24H25NO6. The first-order valence-electron chi connectivity index (χ1n) is 10.3. The summed E-state index contributed by atoms with van der Waals surface area (Å²) >= 11 is 0. The number of carbonyl (C=O) groups excluding carboxylic acids is 1. The van der Waals surface area contributed by atoms with Crippen molar-refractivity contribution in [2.75, 3.05) is 34.0 Å². The summed E-state index contributed by atoms with van der Waals surface area (Å²) in [6.07, 6.45) is 0.634. The summed E-state index contributed by atoms with van der Waals surface area (Å²) in [4.78, 5) is 28.4. The molecule has 4 rings (SSSR count). The Morgan fingerprint density at radius 1 is 1.06 bits per heavy atom. The van der Waals surface area contributed by atoms with Gasteiger partial charge in [0.05, 0.1) is 30.7 Å². The van der Waals surface area contributed by atoms with Gasteiger partial charge in [0.25, 0.3) is 5.91 Å². The number of carbonyl (C=O) groups is 1. The first-order valence-corrected chi connectivity index (χ1v) is 10.3. The van der Waals surface area contributed by atoms with Gasteiger partial charge in [-0.05, 0) is 43.2 Å². The third-order valence-electron chi connectivity index (χ3n) is 5.42. The topological polar surface area (TPSA) is 78.2 Å². The van der Waals surface area contributed by atoms with Crippen LogP contribution in [0.25, 0.3) is 11.0 Å². The first-order chi connectivity index (χ1) is 15.1. The molecule has 1 aliphatic rings. The SMILES string of the molecule is CCOc1ccc([C@H]2c3c(oc4ccccc4c3=O)C(=O)N2CCCOC)cc1OC. The molecule has 7 heteroatoms. The molecule has 1 atom stereocenters. The normalized spacial score (nSPS) is 15.4. The largest absolute Gasteiger partial charge is 0.493 e. The van der Waals surface area contributed by atoms with Crippen LogP contribution in [0.3, 0.4) is 0 Å². The molecule has 1 amide bonds. The van der Waals surface area contributed by atoms with Crippen LogP contribution in [0.4, 0.5) is 0 Å². The van der Waals surface area contributed by atoms with E-state index < -0.39 is 6.04 Å². The fourth-order valence-electron chi connectivity index (χ4n) is 4.05. The summed E-state index contributed by atoms with van der Waals surface area (Å²) in [6.45, 7) is 3.32. The van der Waals surface area contributed by atoms with E-state index in [0.29, 0.717) is 54.2 Å². The fourth-order valence-corrected chi connectivity index (χ4v) is 4.05. The molecule has 162 valence electrons. The zero-order valence-corrected chi connectivity index (χ0v) is 17.8. The van der Waals surface area contributed by atoms with Crippen LogP contribution in [0.2, 0.25) is 0 Å². The average Bonchev–Trinajstić information content (AvgIpc) is 3.07. The van der Waals surface area contributed by atoms with Crippen molar-refractivity contribution in [1.29, 1.82) is 0 Å². The van der Waals surface area contributed by atoms with E-state index in [1.54, 1.807) is 49.5 Å². The molecule has 2 heterocycles. The number of para-hydroxylation sites is 1. The van der Waals surface area contributed by atoms with Crippen molar-refractivity contribution >= 4 is 16.9 Å². The van der Waals surface area contributed by atoms with Gasteiger partial charge in [-0.1, -0.05) is 18.2 Å². The summed E-state index contributed by atoms with van der Waals surface area (Å²) in [5.74, 6) is 0.947. The van der Waals surface area contributed by atoms with E-state index in [0.717, 1.165) is 5.56 Å². The number of ether oxygens (including phenoxy) is 3. The molecule has 0 unspecified atom stereocenters. The van der Waals surface area contributed by atoms with Crippen LogP contribution >= 0.6 is 0 Å². The lowest BCUT2D eigenvalue weighted by molar-refractivity contribution is 0.0707. The molecular weight excluding hydrogens is 398 g/mol. The number of fused-ring (bicyclic) bond motifs is 2. The Labute approximate surface area is 180 Å². The zero-order valence-electron chi connectivity index (χ0n) is 17.8. The lowest BCUT2D eigenvalue weighted by Crippen LogP contribution is -2.31. The Balaban J connectivity index is 1.89. The van der Waals surface area contributed by atoms with Gasteiger partial charge in [0.1, 0.15) is 5.58 Å². The highest BCUT2D eigenvalue weighted by Gasteiger charge is 2.42. The fraction of sp³-hybridized carbons (Fsp3) is 0.333. The van der Waals surface area contributed by atoms with Gasteiger partial charge in [-0.3, -0.25) is 9.59 Å². The maximum Gasteiger partial charge on any atom is 0.290 e. The Morgan fingerprint density at radius 3 is 2.61 bits per heavy atom. The summed E-state index contributed by atoms with van der Waals surface area (Å²) in [7, 11) is 3.18. The second-order valence-corrected chi connectivity index (χ2v) is 7.26. The van der Waals surface area contributed by atoms with Gasteiger partial charge in [0.2, 0.25) is 5.76 Å². The highest BCUT2D eigenvalue weighted by atomic mass is 16.5. The highest BCUT2D eigenvalue weighted by molar-refractivity contribution is 5.99. The van der Waals surface area contributed by atoms with E-state index in [1.807, 2.05) is 19.1 Å². The molecule has 31 heavy (non-hydrogen) atoms. The minimum atomic E-state index is -0.579. The number of benzene rings is 2. The van der Waals surface area contributed by atoms with Gasteiger partial charge < -0.3 is 23.5 Å². The third kappa shape index (κ3) is 3.65. The van der Waals surface area contributed by atoms with Crippen LogP contribution in [0, 0.1) is 0 Å². The van der Waals surface area contributed by atoms with E-state index in [1.165, 1.54) is 0 Å². The molecule has 0 saturated carbocycles. The van der Waals surface area contributed by atoms with E-state index in [-0.39, 0.29) is 17.1 Å². The molecule has 2 aromatic carbocycles. The van der Waals surface area contributed by atoms with Crippen molar-refractivity contribution in [3.8, 4) is 11.5 Å². The smallest absolute Gasteiger partial charge is 0.290 e. The van der Waals surface area contributed by atoms with Crippen LogP contribution < -0.4 is 14.9 Å². The average molecular weight is 423 g/mol. The molecule has 0 saturated heterocycles. The summed E-state index contributed by atoms with van der Waals surface area (Å²) in [5, 5.41) is 0.454. The minimum absolute atomic E-state index is 0.0963. The second-order valence-electron chi connectivity index (χ2n) is 7.26. The van der Waals surface area contributed by atoms with E-state index in [9.17, 15) is 9.59 Å². The van der Waals surface area contributed by atoms with Crippen LogP contribution in [0.1, 0.15) is 41.1 Å². The van der Waals surface area contributed by atoms with Crippen molar-refractivity contribution in [2.24, 2.45) is 0 Å². The number of amides is 1. The summed E-state index contributed by atoms with van der Waals surface area (Å²) < 4.78 is 22.2. The Bertz CT molecular complexity index is 1170. The molecule has 1 aliphatic heterocycles. The standard InChI is InChI=1S/C24H25NO6/c1-4-30-18-11-10-15(14-19(18)29-3)21-20-22(26)16-8-5-6-9-17(16)31-23(20)24(27)25(21)12-7-13-28-2/h5-6,8-11,14,21H,4,7,12-13H2,1-3H3/t21-/m0/s1. The predicted octanol–water partition coefficient (Wildman–Crippen LogP) is 3.78. The predicted molar refractivity (Wildman–Crippen MR) is 116 cm³/mol. The van der Waals surface area contributed by atoms with Gasteiger partial charge in [0, 0.05) is 20.3 Å². The van der Waals surface area contributed by atoms with Crippen LogP contribution in [0.5, 0.6) is 11.5 Å². The molecule has 0 radical (unpaired) electrons. The van der Waals surface area contributed by atoms with Crippen molar-refractivity contribution < 1.29 is 23.4 Å². The number of methoxy groups -OCH3 is 2. The Kier molecular flexibility index (Phi) is 5.95. The molecule has 0 bridgehead atoms. The van der Waals surface area contributed by atoms with Crippen molar-refractivity contribution in [1.82, 2.24) is 4.90 Å². The Hall–Kier alpha value is -3.32. The number of hydrogen-bond acceptors (Lipinski definition) is 6. The minimum Gasteiger partial charge on any atom is -0.493 e. The summed E-state index contributed by atoms with van der Waals surface area (Å²) in [6, 6.07) is 11.9. The number of hydrogen-bond donors (Lipinski definition) is 0. The first kappa shape index (κ1) is 20.9. The van der Waals surface area contributed by atoms with Crippen LogP contribution in [-0.2, 0) is 4.74 Å². The quantitative estimate of drug-likeness (QED) is 0.513. The third-order valence-corrected chi connectivity index (χ3v) is 5.42. The zero-order chi connectivity index (χ0) is 22.0. The number of nitrogens with zero attached hydrogens (tertiary/aromatic N) is 1. The van der Waals surface area contributed by atoms with Crippen molar-refractivity contribution in [3.63, 3.8) is 0 Å². The highest BCUT2D eigenvalue weighted by Crippen LogP contribution is 2.40. The van der Waals surface area contributed by atoms with Gasteiger partial charge in [0.15, 0.2) is 16.9 Å². The maximum absolute atomic E-state index is 13.4. The lowest BCUT2D eigenvalue weighted by Gasteiger charge is -2.25. The maximum atomic E-state index is 13.4. The Morgan fingerprint density at radius 2 is 1.87 bits per heavy atom. The molecule has 7 nitrogen and oxygen atoms in total. The van der Waals surface area contributed by atoms with E-state index in [2.05, 4.69) is 0 Å². The van der Waals surface area contributed by atoms with Crippen molar-refractivity contribution in [3.05, 3.63) is 69.6 Å². The monoisotopic (exact) mass is 423 g/mol. The van der Waals surface area contributed by atoms with Crippen LogP contribution in [-0.4, -0.2) is 44.8 Å². The van der Waals surface area contributed by atoms with E-state index >= 15 is 0 Å². The van der Waals surface area contributed by atoms with Crippen LogP contribution in [0.15, 0.2) is 51.7 Å². The summed E-state index contributed by atoms with van der Waals surface area (Å²) in [5.41, 5.74) is 1.32. The van der Waals surface area contributed by atoms with Gasteiger partial charge >= 0.3 is 0 Å². The number of rotatable bonds is 8. The molecule has 0 fully saturated rings. The molecule has 0 N–H and O–H groups in total. The van der Waals surface area contributed by atoms with E-state index in [4.69, 9.17) is 18.6 Å². The lowest BCUT2D eigenvalue weighted by atomic mass is 9.98. The van der Waals surface area contributed by atoms with Crippen molar-refractivity contribution in [2.45, 2.75) is 19.4 Å².